The lowest BCUT2D eigenvalue weighted by Crippen LogP contribution is -2.37. The summed E-state index contributed by atoms with van der Waals surface area (Å²) in [6.45, 7) is 4.86. The van der Waals surface area contributed by atoms with E-state index in [0.29, 0.717) is 16.8 Å². The fraction of sp³-hybridized carbons (Fsp3) is 0.500. The van der Waals surface area contributed by atoms with Gasteiger partial charge in [0.25, 0.3) is 0 Å². The summed E-state index contributed by atoms with van der Waals surface area (Å²) in [7, 11) is -2.15. The first-order valence-electron chi connectivity index (χ1n) is 5.67. The Bertz CT molecular complexity index is 517. The van der Waals surface area contributed by atoms with Crippen LogP contribution in [0.5, 0.6) is 0 Å². The van der Waals surface area contributed by atoms with Crippen LogP contribution >= 0.6 is 0 Å². The van der Waals surface area contributed by atoms with Gasteiger partial charge in [-0.1, -0.05) is 0 Å². The van der Waals surface area contributed by atoms with Gasteiger partial charge in [0, 0.05) is 18.8 Å². The lowest BCUT2D eigenvalue weighted by molar-refractivity contribution is 0.213. The van der Waals surface area contributed by atoms with Gasteiger partial charge in [0.15, 0.2) is 0 Å². The Morgan fingerprint density at radius 2 is 1.78 bits per heavy atom. The zero-order valence-corrected chi connectivity index (χ0v) is 12.0. The highest BCUT2D eigenvalue weighted by Gasteiger charge is 2.28. The Morgan fingerprint density at radius 1 is 1.33 bits per heavy atom. The maximum Gasteiger partial charge on any atom is 0.243 e. The molecule has 0 heterocycles. The van der Waals surface area contributed by atoms with Gasteiger partial charge in [0.05, 0.1) is 11.5 Å². The molecule has 1 aromatic rings. The highest BCUT2D eigenvalue weighted by Crippen LogP contribution is 2.26. The minimum Gasteiger partial charge on any atom is -0.399 e. The monoisotopic (exact) mass is 272 g/mol. The van der Waals surface area contributed by atoms with E-state index in [4.69, 9.17) is 10.8 Å². The molecule has 1 rings (SSSR count). The molecule has 5 nitrogen and oxygen atoms in total. The van der Waals surface area contributed by atoms with E-state index in [-0.39, 0.29) is 11.5 Å². The molecule has 0 saturated heterocycles. The molecule has 1 aromatic carbocycles. The van der Waals surface area contributed by atoms with Gasteiger partial charge in [0.2, 0.25) is 10.0 Å². The van der Waals surface area contributed by atoms with Crippen LogP contribution in [0, 0.1) is 13.8 Å². The van der Waals surface area contributed by atoms with Gasteiger partial charge >= 0.3 is 0 Å². The third kappa shape index (κ3) is 2.66. The first-order valence-corrected chi connectivity index (χ1v) is 7.11. The van der Waals surface area contributed by atoms with Crippen molar-refractivity contribution in [2.24, 2.45) is 0 Å². The smallest absolute Gasteiger partial charge is 0.243 e. The van der Waals surface area contributed by atoms with Crippen molar-refractivity contribution >= 4 is 15.7 Å². The SMILES string of the molecule is Cc1cc(N)cc(C)c1S(=O)(=O)N(C)C(C)CO. The summed E-state index contributed by atoms with van der Waals surface area (Å²) in [5.41, 5.74) is 7.46. The molecule has 0 fully saturated rings. The summed E-state index contributed by atoms with van der Waals surface area (Å²) in [4.78, 5) is 0.263. The highest BCUT2D eigenvalue weighted by molar-refractivity contribution is 7.89. The maximum absolute atomic E-state index is 12.5. The molecule has 0 aromatic heterocycles. The summed E-state index contributed by atoms with van der Waals surface area (Å²) >= 11 is 0. The van der Waals surface area contributed by atoms with Crippen molar-refractivity contribution in [1.82, 2.24) is 4.31 Å². The summed E-state index contributed by atoms with van der Waals surface area (Å²) in [5.74, 6) is 0. The lowest BCUT2D eigenvalue weighted by Gasteiger charge is -2.24. The van der Waals surface area contributed by atoms with Crippen molar-refractivity contribution < 1.29 is 13.5 Å². The van der Waals surface area contributed by atoms with Gasteiger partial charge in [-0.3, -0.25) is 0 Å². The Kier molecular flexibility index (Phi) is 4.37. The molecule has 0 aliphatic heterocycles. The molecule has 0 aliphatic rings. The zero-order valence-electron chi connectivity index (χ0n) is 11.1. The number of nitrogens with two attached hydrogens (primary N) is 1. The van der Waals surface area contributed by atoms with Crippen LogP contribution in [0.2, 0.25) is 0 Å². The number of nitrogens with zero attached hydrogens (tertiary/aromatic N) is 1. The molecule has 1 unspecified atom stereocenters. The summed E-state index contributed by atoms with van der Waals surface area (Å²) in [6.07, 6.45) is 0. The minimum absolute atomic E-state index is 0.219. The number of nitrogen functional groups attached to an aromatic ring is 1. The third-order valence-corrected chi connectivity index (χ3v) is 5.28. The van der Waals surface area contributed by atoms with Gasteiger partial charge in [-0.2, -0.15) is 4.31 Å². The van der Waals surface area contributed by atoms with Crippen LogP contribution < -0.4 is 5.73 Å². The van der Waals surface area contributed by atoms with Crippen LogP contribution in [0.4, 0.5) is 5.69 Å². The number of hydrogen-bond donors (Lipinski definition) is 2. The molecule has 0 saturated carbocycles. The predicted molar refractivity (Wildman–Crippen MR) is 71.8 cm³/mol. The molecule has 3 N–H and O–H groups in total. The molecule has 1 atom stereocenters. The second-order valence-electron chi connectivity index (χ2n) is 4.54. The fourth-order valence-corrected chi connectivity index (χ4v) is 3.65. The number of rotatable bonds is 4. The van der Waals surface area contributed by atoms with Gasteiger partial charge in [-0.05, 0) is 44.0 Å². The molecular formula is C12H20N2O3S. The second-order valence-corrected chi connectivity index (χ2v) is 6.47. The van der Waals surface area contributed by atoms with Crippen LogP contribution in [0.15, 0.2) is 17.0 Å². The van der Waals surface area contributed by atoms with Gasteiger partial charge in [-0.15, -0.1) is 0 Å². The number of hydrogen-bond acceptors (Lipinski definition) is 4. The molecule has 0 radical (unpaired) electrons. The van der Waals surface area contributed by atoms with Crippen molar-refractivity contribution in [1.29, 1.82) is 0 Å². The minimum atomic E-state index is -3.61. The van der Waals surface area contributed by atoms with E-state index in [2.05, 4.69) is 0 Å². The summed E-state index contributed by atoms with van der Waals surface area (Å²) in [6, 6.07) is 2.81. The molecule has 0 aliphatic carbocycles. The fourth-order valence-electron chi connectivity index (χ4n) is 1.89. The van der Waals surface area contributed by atoms with Crippen LogP contribution in [0.25, 0.3) is 0 Å². The topological polar surface area (TPSA) is 83.6 Å². The van der Waals surface area contributed by atoms with E-state index in [1.807, 2.05) is 0 Å². The van der Waals surface area contributed by atoms with Crippen molar-refractivity contribution in [2.75, 3.05) is 19.4 Å². The number of aliphatic hydroxyl groups excluding tert-OH is 1. The van der Waals surface area contributed by atoms with E-state index < -0.39 is 16.1 Å². The number of likely N-dealkylation sites (N-methyl/N-ethyl adjacent to an activating group) is 1. The lowest BCUT2D eigenvalue weighted by atomic mass is 10.1. The Balaban J connectivity index is 3.38. The Labute approximate surface area is 108 Å². The molecule has 18 heavy (non-hydrogen) atoms. The van der Waals surface area contributed by atoms with Crippen LogP contribution in [0.1, 0.15) is 18.1 Å². The highest BCUT2D eigenvalue weighted by atomic mass is 32.2. The van der Waals surface area contributed by atoms with Gasteiger partial charge in [0.1, 0.15) is 0 Å². The molecule has 102 valence electrons. The quantitative estimate of drug-likeness (QED) is 0.797. The Hall–Kier alpha value is -1.11. The van der Waals surface area contributed by atoms with E-state index >= 15 is 0 Å². The van der Waals surface area contributed by atoms with Crippen molar-refractivity contribution in [3.63, 3.8) is 0 Å². The van der Waals surface area contributed by atoms with Gasteiger partial charge in [-0.25, -0.2) is 8.42 Å². The molecule has 0 bridgehead atoms. The normalized spacial score (nSPS) is 13.9. The summed E-state index contributed by atoms with van der Waals surface area (Å²) in [5, 5.41) is 9.07. The van der Waals surface area contributed by atoms with E-state index in [1.54, 1.807) is 32.9 Å². The van der Waals surface area contributed by atoms with Crippen molar-refractivity contribution in [3.05, 3.63) is 23.3 Å². The first-order chi connectivity index (χ1) is 8.21. The predicted octanol–water partition coefficient (Wildman–Crippen LogP) is 0.887. The molecule has 6 heteroatoms. The van der Waals surface area contributed by atoms with Crippen molar-refractivity contribution in [2.45, 2.75) is 31.7 Å². The zero-order chi connectivity index (χ0) is 14.1. The first kappa shape index (κ1) is 14.9. The van der Waals surface area contributed by atoms with E-state index in [9.17, 15) is 8.42 Å². The Morgan fingerprint density at radius 3 is 2.17 bits per heavy atom. The molecule has 0 spiro atoms. The van der Waals surface area contributed by atoms with E-state index in [1.165, 1.54) is 11.4 Å². The molecular weight excluding hydrogens is 252 g/mol. The average Bonchev–Trinajstić information content (AvgIpc) is 2.24. The number of benzene rings is 1. The van der Waals surface area contributed by atoms with Crippen LogP contribution in [0.3, 0.4) is 0 Å². The maximum atomic E-state index is 12.5. The summed E-state index contributed by atoms with van der Waals surface area (Å²) < 4.78 is 26.1. The van der Waals surface area contributed by atoms with Crippen molar-refractivity contribution in [3.8, 4) is 0 Å². The number of aryl methyl sites for hydroxylation is 2. The second kappa shape index (κ2) is 5.26. The van der Waals surface area contributed by atoms with Gasteiger partial charge < -0.3 is 10.8 Å². The standard InChI is InChI=1S/C12H20N2O3S/c1-8-5-11(13)6-9(2)12(8)18(16,17)14(4)10(3)7-15/h5-6,10,15H,7,13H2,1-4H3. The third-order valence-electron chi connectivity index (χ3n) is 3.00. The largest absolute Gasteiger partial charge is 0.399 e. The number of aliphatic hydroxyl groups is 1. The number of anilines is 1. The number of sulfonamides is 1. The van der Waals surface area contributed by atoms with E-state index in [0.717, 1.165) is 0 Å². The molecule has 0 amide bonds. The van der Waals surface area contributed by atoms with Crippen LogP contribution in [-0.4, -0.2) is 37.5 Å². The van der Waals surface area contributed by atoms with Crippen LogP contribution in [-0.2, 0) is 10.0 Å². The average molecular weight is 272 g/mol.